The Bertz CT molecular complexity index is 2670. The number of allylic oxidation sites excluding steroid dienone is 44. The minimum absolute atomic E-state index is 0.122. The van der Waals surface area contributed by atoms with E-state index in [-0.39, 0.29) is 32.7 Å². The molecule has 9 heteroatoms. The summed E-state index contributed by atoms with van der Waals surface area (Å²) in [4.78, 5) is 37.6. The van der Waals surface area contributed by atoms with Crippen molar-refractivity contribution in [1.29, 1.82) is 0 Å². The molecule has 0 N–H and O–H groups in total. The fourth-order valence-electron chi connectivity index (χ4n) is 9.19. The summed E-state index contributed by atoms with van der Waals surface area (Å²) in [6.07, 6.45) is 126. The second-order valence-corrected chi connectivity index (χ2v) is 25.5. The highest BCUT2D eigenvalue weighted by Crippen LogP contribution is 2.13. The number of carboxylic acids is 1. The van der Waals surface area contributed by atoms with E-state index in [0.29, 0.717) is 23.9 Å². The Balaban J connectivity index is 4.31. The molecule has 0 rings (SSSR count). The van der Waals surface area contributed by atoms with Crippen molar-refractivity contribution in [2.24, 2.45) is 0 Å². The van der Waals surface area contributed by atoms with Crippen molar-refractivity contribution in [3.8, 4) is 0 Å². The van der Waals surface area contributed by atoms with Crippen LogP contribution in [0.1, 0.15) is 232 Å². The fraction of sp³-hybridized carbons (Fsp3) is 0.489. The molecule has 0 amide bonds. The number of likely N-dealkylation sites (N-methyl/N-ethyl adjacent to an activating group) is 1. The Morgan fingerprint density at radius 1 is 0.297 bits per heavy atom. The van der Waals surface area contributed by atoms with Gasteiger partial charge in [-0.05, 0) is 180 Å². The molecule has 558 valence electrons. The second-order valence-electron chi connectivity index (χ2n) is 25.5. The first kappa shape index (κ1) is 93.6. The van der Waals surface area contributed by atoms with Crippen LogP contribution in [0.2, 0.25) is 0 Å². The maximum atomic E-state index is 13.0. The van der Waals surface area contributed by atoms with E-state index in [2.05, 4.69) is 281 Å². The average molecular weight is 1390 g/mol. The van der Waals surface area contributed by atoms with Gasteiger partial charge in [-0.25, -0.2) is 0 Å². The molecule has 0 aliphatic rings. The van der Waals surface area contributed by atoms with Crippen LogP contribution < -0.4 is 5.11 Å². The minimum Gasteiger partial charge on any atom is -0.545 e. The number of unbranched alkanes of at least 4 members (excludes halogenated alkanes) is 8. The molecule has 0 radical (unpaired) electrons. The highest BCUT2D eigenvalue weighted by atomic mass is 16.7. The normalized spacial score (nSPS) is 14.2. The van der Waals surface area contributed by atoms with Crippen molar-refractivity contribution in [1.82, 2.24) is 0 Å². The molecule has 0 aromatic heterocycles. The molecule has 9 nitrogen and oxygen atoms in total. The largest absolute Gasteiger partial charge is 0.545 e. The van der Waals surface area contributed by atoms with Crippen LogP contribution in [0.25, 0.3) is 0 Å². The average Bonchev–Trinajstić information content (AvgIpc) is 1.21. The van der Waals surface area contributed by atoms with E-state index in [1.54, 1.807) is 0 Å². The van der Waals surface area contributed by atoms with E-state index < -0.39 is 30.3 Å². The Morgan fingerprint density at radius 2 is 0.535 bits per heavy atom. The number of hydrogen-bond donors (Lipinski definition) is 0. The van der Waals surface area contributed by atoms with Crippen molar-refractivity contribution in [3.63, 3.8) is 0 Å². The molecule has 0 saturated carbocycles. The van der Waals surface area contributed by atoms with Crippen LogP contribution in [0.15, 0.2) is 267 Å². The Kier molecular flexibility index (Phi) is 72.5. The van der Waals surface area contributed by atoms with Crippen LogP contribution in [0.5, 0.6) is 0 Å². The first-order valence-electron chi connectivity index (χ1n) is 38.5. The maximum Gasteiger partial charge on any atom is 0.306 e. The van der Waals surface area contributed by atoms with Crippen molar-refractivity contribution >= 4 is 17.9 Å². The molecule has 2 unspecified atom stereocenters. The molecule has 0 aliphatic heterocycles. The predicted molar refractivity (Wildman–Crippen MR) is 434 cm³/mol. The molecule has 0 aromatic rings. The van der Waals surface area contributed by atoms with Gasteiger partial charge < -0.3 is 33.3 Å². The predicted octanol–water partition coefficient (Wildman–Crippen LogP) is 23.8. The molecule has 0 bridgehead atoms. The number of carboxylic acid groups (broad SMARTS) is 1. The van der Waals surface area contributed by atoms with Crippen LogP contribution in [-0.4, -0.2) is 82.3 Å². The van der Waals surface area contributed by atoms with Crippen LogP contribution in [0.4, 0.5) is 0 Å². The number of quaternary nitrogens is 1. The number of nitrogens with zero attached hydrogens (tertiary/aromatic N) is 1. The summed E-state index contributed by atoms with van der Waals surface area (Å²) in [5.74, 6) is -2.39. The standard InChI is InChI=1S/C92H137NO8/c1-6-8-10-12-14-16-18-20-22-24-26-28-30-32-34-36-38-40-42-43-44-45-46-47-49-51-53-55-57-59-61-63-65-67-69-71-73-75-77-79-81-83-90(95)101-88(87-100-92(91(96)97)98-85-84-93(3,4)5)86-99-89(94)82-80-78-76-74-72-70-68-66-64-62-60-58-56-54-52-50-48-41-39-37-35-33-31-29-27-25-23-21-19-17-15-13-11-9-7-2/h8-11,14-17,20-23,26-29,32-35,38-41,43-44,46-47,50-53,56-59,62-65,68-71,88,92H,6-7,12-13,18-19,24-25,30-31,36-37,42,45,48-49,54-55,60-61,66-67,72-87H2,1-5H3/b10-8-,11-9-,16-14-,17-15-,22-20-,23-21-,28-26-,29-27-,34-32-,35-33-,40-38-,41-39-,44-43-,47-46-,52-50-,53-51-,58-56-,59-57-,64-62-,65-63-,70-68-,71-69-. The summed E-state index contributed by atoms with van der Waals surface area (Å²) < 4.78 is 22.7. The third-order valence-corrected chi connectivity index (χ3v) is 15.0. The number of hydrogen-bond acceptors (Lipinski definition) is 8. The lowest BCUT2D eigenvalue weighted by Crippen LogP contribution is -2.44. The van der Waals surface area contributed by atoms with Gasteiger partial charge in [-0.15, -0.1) is 0 Å². The van der Waals surface area contributed by atoms with Gasteiger partial charge in [-0.2, -0.15) is 0 Å². The van der Waals surface area contributed by atoms with Gasteiger partial charge in [0.2, 0.25) is 0 Å². The number of carbonyl (C=O) groups is 3. The lowest BCUT2D eigenvalue weighted by atomic mass is 10.1. The molecule has 0 saturated heterocycles. The van der Waals surface area contributed by atoms with Crippen molar-refractivity contribution < 1.29 is 42.9 Å². The first-order chi connectivity index (χ1) is 49.6. The van der Waals surface area contributed by atoms with Crippen LogP contribution in [-0.2, 0) is 33.3 Å². The summed E-state index contributed by atoms with van der Waals surface area (Å²) in [5, 5.41) is 11.9. The first-order valence-corrected chi connectivity index (χ1v) is 38.5. The van der Waals surface area contributed by atoms with Crippen molar-refractivity contribution in [2.45, 2.75) is 245 Å². The van der Waals surface area contributed by atoms with Crippen molar-refractivity contribution in [2.75, 3.05) is 47.5 Å². The summed E-state index contributed by atoms with van der Waals surface area (Å²) in [6, 6.07) is 0. The van der Waals surface area contributed by atoms with E-state index >= 15 is 0 Å². The number of aliphatic carboxylic acids is 1. The van der Waals surface area contributed by atoms with Gasteiger partial charge >= 0.3 is 11.9 Å². The van der Waals surface area contributed by atoms with Gasteiger partial charge in [-0.1, -0.05) is 307 Å². The molecule has 0 heterocycles. The molecule has 0 aromatic carbocycles. The van der Waals surface area contributed by atoms with E-state index in [0.717, 1.165) is 193 Å². The van der Waals surface area contributed by atoms with Gasteiger partial charge in [0, 0.05) is 12.8 Å². The highest BCUT2D eigenvalue weighted by Gasteiger charge is 2.22. The molecule has 101 heavy (non-hydrogen) atoms. The molecule has 2 atom stereocenters. The van der Waals surface area contributed by atoms with Crippen LogP contribution >= 0.6 is 0 Å². The van der Waals surface area contributed by atoms with Crippen molar-refractivity contribution in [3.05, 3.63) is 267 Å². The zero-order valence-electron chi connectivity index (χ0n) is 63.6. The third-order valence-electron chi connectivity index (χ3n) is 15.0. The van der Waals surface area contributed by atoms with Gasteiger partial charge in [0.05, 0.1) is 40.3 Å². The second kappa shape index (κ2) is 78.3. The molecule has 0 spiro atoms. The maximum absolute atomic E-state index is 13.0. The molecular formula is C92H137NO8. The highest BCUT2D eigenvalue weighted by molar-refractivity contribution is 5.70. The molecule has 0 fully saturated rings. The smallest absolute Gasteiger partial charge is 0.306 e. The SMILES string of the molecule is CC/C=C\C/C=C\C/C=C\C/C=C\C/C=C\C/C=C\C/C=C\C/C=C\C/C=C\C/C=C\C/C=C\C/C=C\CCCCCCC(=O)OC(COC(=O)CCCCCC/C=C\C/C=C\C/C=C\C/C=C\C/C=C\C/C=C\C/C=C\C/C=C\C/C=C\C/C=C\CC)COC(OCC[N+](C)(C)C)C(=O)[O-]. The van der Waals surface area contributed by atoms with Crippen LogP contribution in [0.3, 0.4) is 0 Å². The van der Waals surface area contributed by atoms with Gasteiger partial charge in [-0.3, -0.25) is 9.59 Å². The zero-order valence-corrected chi connectivity index (χ0v) is 63.6. The topological polar surface area (TPSA) is 111 Å². The lowest BCUT2D eigenvalue weighted by molar-refractivity contribution is -0.870. The van der Waals surface area contributed by atoms with E-state index in [1.807, 2.05) is 21.1 Å². The van der Waals surface area contributed by atoms with Gasteiger partial charge in [0.15, 0.2) is 12.4 Å². The summed E-state index contributed by atoms with van der Waals surface area (Å²) in [7, 11) is 5.89. The Hall–Kier alpha value is -7.43. The summed E-state index contributed by atoms with van der Waals surface area (Å²) in [6.45, 7) is 4.41. The minimum atomic E-state index is -1.66. The van der Waals surface area contributed by atoms with E-state index in [4.69, 9.17) is 18.9 Å². The number of rotatable bonds is 67. The lowest BCUT2D eigenvalue weighted by Gasteiger charge is -2.26. The number of esters is 2. The van der Waals surface area contributed by atoms with E-state index in [1.165, 1.54) is 0 Å². The van der Waals surface area contributed by atoms with Gasteiger partial charge in [0.1, 0.15) is 13.2 Å². The molecule has 0 aliphatic carbocycles. The zero-order chi connectivity index (χ0) is 73.2. The number of carbonyl (C=O) groups excluding carboxylic acids is 3. The Morgan fingerprint density at radius 3 is 0.782 bits per heavy atom. The van der Waals surface area contributed by atoms with Crippen LogP contribution in [0, 0.1) is 0 Å². The third kappa shape index (κ3) is 79.8. The van der Waals surface area contributed by atoms with E-state index in [9.17, 15) is 19.5 Å². The fourth-order valence-corrected chi connectivity index (χ4v) is 9.19. The Labute approximate surface area is 616 Å². The number of ether oxygens (including phenoxy) is 4. The quantitative estimate of drug-likeness (QED) is 0.0195. The monoisotopic (exact) mass is 1380 g/mol. The molecular weight excluding hydrogens is 1250 g/mol. The van der Waals surface area contributed by atoms with Gasteiger partial charge in [0.25, 0.3) is 0 Å². The summed E-state index contributed by atoms with van der Waals surface area (Å²) >= 11 is 0. The summed E-state index contributed by atoms with van der Waals surface area (Å²) in [5.41, 5.74) is 0.